The summed E-state index contributed by atoms with van der Waals surface area (Å²) in [6.45, 7) is 1.66. The topological polar surface area (TPSA) is 21.3 Å². The van der Waals surface area contributed by atoms with Crippen molar-refractivity contribution >= 4 is 35.6 Å². The van der Waals surface area contributed by atoms with Crippen molar-refractivity contribution in [3.63, 3.8) is 0 Å². The Morgan fingerprint density at radius 1 is 1.26 bits per heavy atom. The highest BCUT2D eigenvalue weighted by atomic mass is 35.5. The summed E-state index contributed by atoms with van der Waals surface area (Å²) in [7, 11) is 0. The monoisotopic (exact) mass is 321 g/mol. The van der Waals surface area contributed by atoms with E-state index in [9.17, 15) is 0 Å². The molecule has 2 atom stereocenters. The molecule has 1 aliphatic carbocycles. The molecule has 106 valence electrons. The highest BCUT2D eigenvalue weighted by Crippen LogP contribution is 2.44. The predicted molar refractivity (Wildman–Crippen MR) is 81.6 cm³/mol. The molecule has 2 aliphatic rings. The van der Waals surface area contributed by atoms with Crippen LogP contribution >= 0.6 is 35.6 Å². The number of hydrogen-bond acceptors (Lipinski definition) is 2. The Morgan fingerprint density at radius 2 is 2.11 bits per heavy atom. The molecule has 0 bridgehead atoms. The van der Waals surface area contributed by atoms with E-state index >= 15 is 0 Å². The summed E-state index contributed by atoms with van der Waals surface area (Å²) in [5.74, 6) is 0. The van der Waals surface area contributed by atoms with E-state index in [1.165, 1.54) is 12.8 Å². The van der Waals surface area contributed by atoms with Crippen molar-refractivity contribution in [2.45, 2.75) is 37.3 Å². The van der Waals surface area contributed by atoms with E-state index in [2.05, 4.69) is 11.4 Å². The second kappa shape index (κ2) is 6.19. The Morgan fingerprint density at radius 3 is 2.95 bits per heavy atom. The van der Waals surface area contributed by atoms with Crippen molar-refractivity contribution in [3.05, 3.63) is 33.8 Å². The summed E-state index contributed by atoms with van der Waals surface area (Å²) < 4.78 is 5.97. The van der Waals surface area contributed by atoms with Crippen LogP contribution < -0.4 is 5.32 Å². The molecule has 0 spiro atoms. The number of fused-ring (bicyclic) bond motifs is 1. The van der Waals surface area contributed by atoms with Gasteiger partial charge in [-0.25, -0.2) is 0 Å². The highest BCUT2D eigenvalue weighted by molar-refractivity contribution is 6.42. The van der Waals surface area contributed by atoms with Crippen LogP contribution in [-0.4, -0.2) is 19.3 Å². The first-order chi connectivity index (χ1) is 8.74. The minimum Gasteiger partial charge on any atom is -0.375 e. The molecule has 19 heavy (non-hydrogen) atoms. The Balaban J connectivity index is 0.00000133. The van der Waals surface area contributed by atoms with Crippen molar-refractivity contribution in [3.8, 4) is 0 Å². The van der Waals surface area contributed by atoms with E-state index in [0.717, 1.165) is 31.6 Å². The number of nitrogens with one attached hydrogen (secondary N) is 1. The molecule has 1 heterocycles. The zero-order valence-corrected chi connectivity index (χ0v) is 13.0. The van der Waals surface area contributed by atoms with Crippen LogP contribution in [0.4, 0.5) is 0 Å². The van der Waals surface area contributed by atoms with Gasteiger partial charge in [0.25, 0.3) is 0 Å². The largest absolute Gasteiger partial charge is 0.375 e. The third-order valence-electron chi connectivity index (χ3n) is 4.13. The Kier molecular flexibility index (Phi) is 5.02. The zero-order valence-electron chi connectivity index (χ0n) is 10.6. The first kappa shape index (κ1) is 15.4. The van der Waals surface area contributed by atoms with Crippen LogP contribution in [0.1, 0.15) is 31.2 Å². The van der Waals surface area contributed by atoms with E-state index < -0.39 is 0 Å². The molecule has 1 aromatic rings. The van der Waals surface area contributed by atoms with Gasteiger partial charge < -0.3 is 10.1 Å². The van der Waals surface area contributed by atoms with Crippen LogP contribution in [0, 0.1) is 0 Å². The maximum absolute atomic E-state index is 6.41. The van der Waals surface area contributed by atoms with Gasteiger partial charge in [-0.3, -0.25) is 0 Å². The third kappa shape index (κ3) is 2.62. The quantitative estimate of drug-likeness (QED) is 0.838. The molecule has 0 aromatic heterocycles. The summed E-state index contributed by atoms with van der Waals surface area (Å²) in [6.07, 6.45) is 4.81. The Hall–Kier alpha value is 0.01000. The molecule has 1 aromatic carbocycles. The molecule has 2 nitrogen and oxygen atoms in total. The lowest BCUT2D eigenvalue weighted by atomic mass is 9.73. The van der Waals surface area contributed by atoms with E-state index in [4.69, 9.17) is 27.9 Å². The van der Waals surface area contributed by atoms with Gasteiger partial charge in [0.15, 0.2) is 0 Å². The molecule has 0 amide bonds. The summed E-state index contributed by atoms with van der Waals surface area (Å²) in [4.78, 5) is 0. The fourth-order valence-corrected chi connectivity index (χ4v) is 3.76. The van der Waals surface area contributed by atoms with E-state index in [1.807, 2.05) is 12.1 Å². The van der Waals surface area contributed by atoms with Gasteiger partial charge in [-0.15, -0.1) is 12.4 Å². The van der Waals surface area contributed by atoms with E-state index in [1.54, 1.807) is 0 Å². The molecule has 1 aliphatic heterocycles. The van der Waals surface area contributed by atoms with Crippen LogP contribution in [0.3, 0.4) is 0 Å². The van der Waals surface area contributed by atoms with Gasteiger partial charge in [-0.1, -0.05) is 48.2 Å². The molecule has 5 heteroatoms. The molecule has 2 unspecified atom stereocenters. The van der Waals surface area contributed by atoms with Crippen molar-refractivity contribution in [2.24, 2.45) is 0 Å². The number of halogens is 3. The smallest absolute Gasteiger partial charge is 0.0799 e. The molecular weight excluding hydrogens is 305 g/mol. The van der Waals surface area contributed by atoms with Crippen LogP contribution in [0.25, 0.3) is 0 Å². The summed E-state index contributed by atoms with van der Waals surface area (Å²) in [6, 6.07) is 5.89. The maximum Gasteiger partial charge on any atom is 0.0799 e. The predicted octanol–water partition coefficient (Wildman–Crippen LogP) is 4.17. The first-order valence-electron chi connectivity index (χ1n) is 6.55. The third-order valence-corrected chi connectivity index (χ3v) is 4.95. The molecule has 1 N–H and O–H groups in total. The first-order valence-corrected chi connectivity index (χ1v) is 7.31. The van der Waals surface area contributed by atoms with Gasteiger partial charge in [0.05, 0.1) is 28.3 Å². The van der Waals surface area contributed by atoms with Crippen LogP contribution in [0.15, 0.2) is 18.2 Å². The number of ether oxygens (including phenoxy) is 1. The van der Waals surface area contributed by atoms with Crippen molar-refractivity contribution in [2.75, 3.05) is 13.2 Å². The zero-order chi connectivity index (χ0) is 12.6. The normalized spacial score (nSPS) is 30.3. The molecule has 3 rings (SSSR count). The minimum absolute atomic E-state index is 0. The SMILES string of the molecule is Cl.Clc1cccc(C23CCCCC2OCCN3)c1Cl. The number of hydrogen-bond donors (Lipinski definition) is 1. The average molecular weight is 323 g/mol. The van der Waals surface area contributed by atoms with Gasteiger partial charge in [0, 0.05) is 6.54 Å². The Bertz CT molecular complexity index is 440. The summed E-state index contributed by atoms with van der Waals surface area (Å²) in [5, 5.41) is 4.95. The lowest BCUT2D eigenvalue weighted by molar-refractivity contribution is -0.0756. The van der Waals surface area contributed by atoms with Crippen LogP contribution in [-0.2, 0) is 10.3 Å². The van der Waals surface area contributed by atoms with E-state index in [-0.39, 0.29) is 24.0 Å². The van der Waals surface area contributed by atoms with Crippen LogP contribution in [0.5, 0.6) is 0 Å². The minimum atomic E-state index is -0.140. The van der Waals surface area contributed by atoms with Gasteiger partial charge in [-0.2, -0.15) is 0 Å². The fourth-order valence-electron chi connectivity index (χ4n) is 3.30. The number of morpholine rings is 1. The second-order valence-corrected chi connectivity index (χ2v) is 5.89. The summed E-state index contributed by atoms with van der Waals surface area (Å²) >= 11 is 12.6. The van der Waals surface area contributed by atoms with Gasteiger partial charge in [0.1, 0.15) is 0 Å². The van der Waals surface area contributed by atoms with E-state index in [0.29, 0.717) is 10.0 Å². The number of rotatable bonds is 1. The molecular formula is C14H18Cl3NO. The van der Waals surface area contributed by atoms with Crippen molar-refractivity contribution in [1.29, 1.82) is 0 Å². The average Bonchev–Trinajstić information content (AvgIpc) is 2.41. The lowest BCUT2D eigenvalue weighted by Gasteiger charge is -2.48. The van der Waals surface area contributed by atoms with Crippen molar-refractivity contribution < 1.29 is 4.74 Å². The maximum atomic E-state index is 6.41. The lowest BCUT2D eigenvalue weighted by Crippen LogP contribution is -2.59. The fraction of sp³-hybridized carbons (Fsp3) is 0.571. The molecule has 2 fully saturated rings. The Labute approximate surface area is 130 Å². The standard InChI is InChI=1S/C14H17Cl2NO.ClH/c15-11-5-3-4-10(13(11)16)14-7-2-1-6-12(14)18-9-8-17-14;/h3-5,12,17H,1-2,6-9H2;1H. The van der Waals surface area contributed by atoms with Crippen LogP contribution in [0.2, 0.25) is 10.0 Å². The summed E-state index contributed by atoms with van der Waals surface area (Å²) in [5.41, 5.74) is 0.958. The van der Waals surface area contributed by atoms with Gasteiger partial charge in [0.2, 0.25) is 0 Å². The molecule has 1 saturated heterocycles. The number of benzene rings is 1. The van der Waals surface area contributed by atoms with Gasteiger partial charge >= 0.3 is 0 Å². The molecule has 1 saturated carbocycles. The second-order valence-electron chi connectivity index (χ2n) is 5.10. The highest BCUT2D eigenvalue weighted by Gasteiger charge is 2.45. The van der Waals surface area contributed by atoms with Crippen molar-refractivity contribution in [1.82, 2.24) is 5.32 Å². The molecule has 0 radical (unpaired) electrons. The van der Waals surface area contributed by atoms with Gasteiger partial charge in [-0.05, 0) is 24.5 Å².